The third-order valence-electron chi connectivity index (χ3n) is 4.97. The summed E-state index contributed by atoms with van der Waals surface area (Å²) in [5.74, 6) is 1.74. The summed E-state index contributed by atoms with van der Waals surface area (Å²) < 4.78 is 4.94. The Kier molecular flexibility index (Phi) is 5.61. The van der Waals surface area contributed by atoms with E-state index in [9.17, 15) is 0 Å². The van der Waals surface area contributed by atoms with Crippen LogP contribution in [0.15, 0.2) is 48.5 Å². The minimum Gasteiger partial charge on any atom is -0.537 e. The Morgan fingerprint density at radius 3 is 1.67 bits per heavy atom. The molecule has 0 spiro atoms. The summed E-state index contributed by atoms with van der Waals surface area (Å²) in [6.07, 6.45) is 4.55. The van der Waals surface area contributed by atoms with Gasteiger partial charge in [-0.15, -0.1) is 0 Å². The lowest BCUT2D eigenvalue weighted by Crippen LogP contribution is -2.29. The predicted octanol–water partition coefficient (Wildman–Crippen LogP) is 1.71. The molecule has 3 N–H and O–H groups in total. The molecule has 1 aliphatic carbocycles. The van der Waals surface area contributed by atoms with Gasteiger partial charge in [-0.3, -0.25) is 0 Å². The van der Waals surface area contributed by atoms with Gasteiger partial charge in [0.25, 0.3) is 0 Å². The zero-order chi connectivity index (χ0) is 16.9. The lowest BCUT2D eigenvalue weighted by molar-refractivity contribution is 0.396. The minimum atomic E-state index is -1.40. The van der Waals surface area contributed by atoms with Crippen molar-refractivity contribution in [2.45, 2.75) is 37.5 Å². The van der Waals surface area contributed by atoms with Gasteiger partial charge in [-0.05, 0) is 66.2 Å². The van der Waals surface area contributed by atoms with Crippen molar-refractivity contribution in [1.29, 1.82) is 0 Å². The summed E-state index contributed by atoms with van der Waals surface area (Å²) in [5.41, 5.74) is 3.13. The molecule has 0 atom stereocenters. The molecule has 0 aromatic heterocycles. The third-order valence-corrected chi connectivity index (χ3v) is 4.97. The van der Waals surface area contributed by atoms with E-state index in [0.717, 1.165) is 25.7 Å². The SMILES string of the molecule is O[B]Oc1ccc(C2CCC(c3ccc(B(O)O)cc3)CC2)cc1. The number of benzene rings is 2. The van der Waals surface area contributed by atoms with E-state index in [0.29, 0.717) is 30.7 Å². The van der Waals surface area contributed by atoms with E-state index in [-0.39, 0.29) is 0 Å². The summed E-state index contributed by atoms with van der Waals surface area (Å²) in [6, 6.07) is 15.5. The van der Waals surface area contributed by atoms with E-state index in [2.05, 4.69) is 12.1 Å². The van der Waals surface area contributed by atoms with Gasteiger partial charge in [0.05, 0.1) is 5.75 Å². The number of rotatable bonds is 5. The Bertz CT molecular complexity index is 635. The first-order valence-corrected chi connectivity index (χ1v) is 8.36. The highest BCUT2D eigenvalue weighted by molar-refractivity contribution is 6.58. The van der Waals surface area contributed by atoms with Crippen LogP contribution < -0.4 is 10.1 Å². The molecular weight excluding hydrogens is 302 g/mol. The molecule has 1 saturated carbocycles. The molecule has 1 aliphatic rings. The van der Waals surface area contributed by atoms with Crippen molar-refractivity contribution in [3.05, 3.63) is 59.7 Å². The molecule has 6 heteroatoms. The molecule has 1 fully saturated rings. The molecule has 4 nitrogen and oxygen atoms in total. The van der Waals surface area contributed by atoms with Crippen molar-refractivity contribution in [3.63, 3.8) is 0 Å². The van der Waals surface area contributed by atoms with Crippen LogP contribution >= 0.6 is 0 Å². The largest absolute Gasteiger partial charge is 0.569 e. The van der Waals surface area contributed by atoms with Gasteiger partial charge in [-0.1, -0.05) is 36.4 Å². The summed E-state index contributed by atoms with van der Waals surface area (Å²) in [5, 5.41) is 27.0. The topological polar surface area (TPSA) is 69.9 Å². The van der Waals surface area contributed by atoms with Gasteiger partial charge in [0, 0.05) is 0 Å². The van der Waals surface area contributed by atoms with E-state index in [4.69, 9.17) is 19.7 Å². The quantitative estimate of drug-likeness (QED) is 0.733. The first-order chi connectivity index (χ1) is 11.7. The maximum Gasteiger partial charge on any atom is 0.569 e. The lowest BCUT2D eigenvalue weighted by Gasteiger charge is -2.29. The Morgan fingerprint density at radius 1 is 0.792 bits per heavy atom. The van der Waals surface area contributed by atoms with Crippen molar-refractivity contribution in [3.8, 4) is 5.75 Å². The highest BCUT2D eigenvalue weighted by Gasteiger charge is 2.23. The summed E-state index contributed by atoms with van der Waals surface area (Å²) >= 11 is 0. The maximum atomic E-state index is 9.17. The molecule has 0 unspecified atom stereocenters. The molecule has 3 rings (SSSR count). The average molecular weight is 323 g/mol. The Hall–Kier alpha value is -1.75. The Labute approximate surface area is 143 Å². The first-order valence-electron chi connectivity index (χ1n) is 8.36. The molecule has 2 aromatic carbocycles. The van der Waals surface area contributed by atoms with Crippen LogP contribution in [-0.4, -0.2) is 29.9 Å². The second kappa shape index (κ2) is 7.88. The maximum absolute atomic E-state index is 9.17. The van der Waals surface area contributed by atoms with Crippen LogP contribution in [0.2, 0.25) is 0 Å². The molecule has 0 bridgehead atoms. The van der Waals surface area contributed by atoms with Gasteiger partial charge in [0.2, 0.25) is 0 Å². The number of hydrogen-bond donors (Lipinski definition) is 3. The predicted molar refractivity (Wildman–Crippen MR) is 95.3 cm³/mol. The minimum absolute atomic E-state index is 0.537. The van der Waals surface area contributed by atoms with Gasteiger partial charge in [-0.2, -0.15) is 0 Å². The normalized spacial score (nSPS) is 20.5. The fraction of sp³-hybridized carbons (Fsp3) is 0.333. The van der Waals surface area contributed by atoms with Crippen molar-refractivity contribution in [2.24, 2.45) is 0 Å². The third kappa shape index (κ3) is 4.01. The molecule has 0 saturated heterocycles. The highest BCUT2D eigenvalue weighted by Crippen LogP contribution is 2.40. The van der Waals surface area contributed by atoms with Crippen molar-refractivity contribution >= 4 is 20.3 Å². The van der Waals surface area contributed by atoms with E-state index in [1.165, 1.54) is 11.1 Å². The van der Waals surface area contributed by atoms with Gasteiger partial charge in [0.15, 0.2) is 0 Å². The molecular formula is C18H21B2O4. The monoisotopic (exact) mass is 323 g/mol. The standard InChI is InChI=1S/C18H21B2O4/c21-19-24-18-11-7-16(8-12-18)14-3-1-13(2-4-14)15-5-9-17(10-6-15)20(22)23/h5-14,21-23H,1-4H2. The zero-order valence-electron chi connectivity index (χ0n) is 13.5. The first kappa shape index (κ1) is 17.1. The fourth-order valence-corrected chi connectivity index (χ4v) is 3.58. The molecule has 0 heterocycles. The van der Waals surface area contributed by atoms with Crippen molar-refractivity contribution in [1.82, 2.24) is 0 Å². The van der Waals surface area contributed by atoms with Crippen molar-refractivity contribution < 1.29 is 19.7 Å². The van der Waals surface area contributed by atoms with E-state index >= 15 is 0 Å². The van der Waals surface area contributed by atoms with Crippen LogP contribution in [-0.2, 0) is 0 Å². The molecule has 123 valence electrons. The second-order valence-corrected chi connectivity index (χ2v) is 6.38. The Morgan fingerprint density at radius 2 is 1.25 bits per heavy atom. The van der Waals surface area contributed by atoms with Crippen LogP contribution in [0.1, 0.15) is 48.6 Å². The summed E-state index contributed by atoms with van der Waals surface area (Å²) in [6.45, 7) is 0. The smallest absolute Gasteiger partial charge is 0.537 e. The van der Waals surface area contributed by atoms with Gasteiger partial charge in [0.1, 0.15) is 0 Å². The van der Waals surface area contributed by atoms with E-state index in [1.54, 1.807) is 12.1 Å². The van der Waals surface area contributed by atoms with Gasteiger partial charge < -0.3 is 19.7 Å². The van der Waals surface area contributed by atoms with Crippen LogP contribution in [0, 0.1) is 0 Å². The van der Waals surface area contributed by atoms with Crippen molar-refractivity contribution in [2.75, 3.05) is 0 Å². The molecule has 2 aromatic rings. The van der Waals surface area contributed by atoms with Gasteiger partial charge in [-0.25, -0.2) is 0 Å². The van der Waals surface area contributed by atoms with Crippen LogP contribution in [0.25, 0.3) is 0 Å². The molecule has 0 amide bonds. The van der Waals surface area contributed by atoms with E-state index < -0.39 is 7.12 Å². The number of hydrogen-bond acceptors (Lipinski definition) is 4. The lowest BCUT2D eigenvalue weighted by atomic mass is 9.74. The Balaban J connectivity index is 1.58. The van der Waals surface area contributed by atoms with Crippen LogP contribution in [0.5, 0.6) is 5.75 Å². The summed E-state index contributed by atoms with van der Waals surface area (Å²) in [7, 11) is -0.702. The molecule has 0 aliphatic heterocycles. The average Bonchev–Trinajstić information content (AvgIpc) is 2.63. The van der Waals surface area contributed by atoms with Gasteiger partial charge >= 0.3 is 14.8 Å². The zero-order valence-corrected chi connectivity index (χ0v) is 13.5. The van der Waals surface area contributed by atoms with E-state index in [1.807, 2.05) is 24.3 Å². The van der Waals surface area contributed by atoms with Crippen LogP contribution in [0.3, 0.4) is 0 Å². The fourth-order valence-electron chi connectivity index (χ4n) is 3.58. The summed E-state index contributed by atoms with van der Waals surface area (Å²) in [4.78, 5) is 0. The molecule has 24 heavy (non-hydrogen) atoms. The van der Waals surface area contributed by atoms with Crippen LogP contribution in [0.4, 0.5) is 0 Å². The molecule has 1 radical (unpaired) electrons. The highest BCUT2D eigenvalue weighted by atomic mass is 16.5. The second-order valence-electron chi connectivity index (χ2n) is 6.38.